The number of halogens is 2. The highest BCUT2D eigenvalue weighted by atomic mass is 79.9. The van der Waals surface area contributed by atoms with Gasteiger partial charge in [-0.3, -0.25) is 14.7 Å². The molecule has 0 atom stereocenters. The summed E-state index contributed by atoms with van der Waals surface area (Å²) in [6, 6.07) is 5.41. The lowest BCUT2D eigenvalue weighted by Gasteiger charge is -2.17. The van der Waals surface area contributed by atoms with E-state index in [1.165, 1.54) is 17.6 Å². The molecule has 0 aliphatic carbocycles. The minimum Gasteiger partial charge on any atom is -0.278 e. The summed E-state index contributed by atoms with van der Waals surface area (Å²) in [6.45, 7) is 0.310. The molecule has 4 nitrogen and oxygen atoms in total. The molecule has 0 fully saturated rings. The summed E-state index contributed by atoms with van der Waals surface area (Å²) in [5.41, 5.74) is 0.590. The molecule has 6 heteroatoms. The van der Waals surface area contributed by atoms with Crippen LogP contribution < -0.4 is 0 Å². The van der Waals surface area contributed by atoms with Gasteiger partial charge in [-0.2, -0.15) is 0 Å². The molecule has 2 rings (SSSR count). The molecule has 0 radical (unpaired) electrons. The van der Waals surface area contributed by atoms with Crippen molar-refractivity contribution in [1.82, 2.24) is 4.90 Å². The van der Waals surface area contributed by atoms with Gasteiger partial charge in [0.15, 0.2) is 0 Å². The molecule has 1 aromatic carbocycles. The van der Waals surface area contributed by atoms with Gasteiger partial charge in [0.2, 0.25) is 0 Å². The molecular weight excluding hydrogens is 338 g/mol. The van der Waals surface area contributed by atoms with Gasteiger partial charge in [-0.25, -0.2) is 4.99 Å². The molecule has 1 aliphatic rings. The Hall–Kier alpha value is -1.01. The van der Waals surface area contributed by atoms with Crippen molar-refractivity contribution in [2.75, 3.05) is 6.67 Å². The van der Waals surface area contributed by atoms with Crippen LogP contribution in [0, 0.1) is 0 Å². The molecular formula is C10H7Br2N3O. The first-order valence-corrected chi connectivity index (χ1v) is 6.04. The number of rotatable bonds is 1. The molecule has 0 aromatic heterocycles. The number of aliphatic imine (C=N–C) groups is 2. The van der Waals surface area contributed by atoms with Crippen LogP contribution in [0.1, 0.15) is 10.4 Å². The van der Waals surface area contributed by atoms with E-state index in [-0.39, 0.29) is 5.91 Å². The summed E-state index contributed by atoms with van der Waals surface area (Å²) in [4.78, 5) is 21.2. The van der Waals surface area contributed by atoms with Crippen molar-refractivity contribution >= 4 is 50.4 Å². The van der Waals surface area contributed by atoms with Crippen LogP contribution in [-0.4, -0.2) is 30.2 Å². The van der Waals surface area contributed by atoms with E-state index in [0.717, 1.165) is 8.95 Å². The zero-order valence-electron chi connectivity index (χ0n) is 8.10. The number of amides is 1. The number of carbonyl (C=O) groups excluding carboxylic acids is 1. The van der Waals surface area contributed by atoms with E-state index < -0.39 is 0 Å². The van der Waals surface area contributed by atoms with Crippen molar-refractivity contribution in [3.05, 3.63) is 32.7 Å². The third-order valence-corrected chi connectivity index (χ3v) is 3.16. The molecule has 1 heterocycles. The van der Waals surface area contributed by atoms with Crippen molar-refractivity contribution in [3.63, 3.8) is 0 Å². The summed E-state index contributed by atoms with van der Waals surface area (Å²) in [6.07, 6.45) is 2.91. The van der Waals surface area contributed by atoms with Gasteiger partial charge in [0, 0.05) is 8.95 Å². The summed E-state index contributed by atoms with van der Waals surface area (Å²) in [7, 11) is 0. The van der Waals surface area contributed by atoms with Gasteiger partial charge in [0.1, 0.15) is 19.3 Å². The van der Waals surface area contributed by atoms with Gasteiger partial charge in [0.25, 0.3) is 5.91 Å². The fourth-order valence-electron chi connectivity index (χ4n) is 1.25. The number of benzene rings is 1. The number of hydrogen-bond acceptors (Lipinski definition) is 3. The van der Waals surface area contributed by atoms with E-state index in [2.05, 4.69) is 41.8 Å². The number of hydrogen-bond donors (Lipinski definition) is 0. The summed E-state index contributed by atoms with van der Waals surface area (Å²) < 4.78 is 1.66. The Morgan fingerprint density at radius 2 is 2.19 bits per heavy atom. The Morgan fingerprint density at radius 3 is 2.81 bits per heavy atom. The van der Waals surface area contributed by atoms with Gasteiger partial charge in [-0.05, 0) is 34.1 Å². The van der Waals surface area contributed by atoms with Crippen molar-refractivity contribution in [2.45, 2.75) is 0 Å². The van der Waals surface area contributed by atoms with Crippen molar-refractivity contribution in [3.8, 4) is 0 Å². The normalized spacial score (nSPS) is 14.2. The molecule has 1 aromatic rings. The average Bonchev–Trinajstić information content (AvgIpc) is 2.29. The van der Waals surface area contributed by atoms with Crippen LogP contribution in [0.25, 0.3) is 0 Å². The number of carbonyl (C=O) groups is 1. The van der Waals surface area contributed by atoms with E-state index in [9.17, 15) is 4.79 Å². The molecule has 82 valence electrons. The van der Waals surface area contributed by atoms with Crippen molar-refractivity contribution in [1.29, 1.82) is 0 Å². The quantitative estimate of drug-likeness (QED) is 0.772. The van der Waals surface area contributed by atoms with Crippen LogP contribution in [0.3, 0.4) is 0 Å². The summed E-state index contributed by atoms with van der Waals surface area (Å²) in [5, 5.41) is 0. The second kappa shape index (κ2) is 4.88. The molecule has 0 saturated carbocycles. The van der Waals surface area contributed by atoms with E-state index in [0.29, 0.717) is 12.2 Å². The lowest BCUT2D eigenvalue weighted by Crippen LogP contribution is -2.31. The largest absolute Gasteiger partial charge is 0.278 e. The zero-order chi connectivity index (χ0) is 11.5. The van der Waals surface area contributed by atoms with E-state index in [4.69, 9.17) is 0 Å². The molecule has 1 amide bonds. The highest BCUT2D eigenvalue weighted by Gasteiger charge is 2.17. The first-order chi connectivity index (χ1) is 7.68. The van der Waals surface area contributed by atoms with E-state index >= 15 is 0 Å². The third-order valence-electron chi connectivity index (χ3n) is 2.01. The predicted octanol–water partition coefficient (Wildman–Crippen LogP) is 2.68. The lowest BCUT2D eigenvalue weighted by molar-refractivity contribution is 0.0853. The topological polar surface area (TPSA) is 45.0 Å². The van der Waals surface area contributed by atoms with Crippen molar-refractivity contribution in [2.24, 2.45) is 9.98 Å². The Labute approximate surface area is 109 Å². The van der Waals surface area contributed by atoms with Gasteiger partial charge < -0.3 is 0 Å². The maximum Gasteiger partial charge on any atom is 0.261 e. The van der Waals surface area contributed by atoms with Gasteiger partial charge in [-0.15, -0.1) is 0 Å². The first kappa shape index (κ1) is 11.5. The minimum absolute atomic E-state index is 0.125. The van der Waals surface area contributed by atoms with Crippen molar-refractivity contribution < 1.29 is 4.79 Å². The maximum absolute atomic E-state index is 12.0. The van der Waals surface area contributed by atoms with Crippen LogP contribution in [0.15, 0.2) is 37.1 Å². The Morgan fingerprint density at radius 1 is 1.38 bits per heavy atom. The highest BCUT2D eigenvalue weighted by molar-refractivity contribution is 9.11. The molecule has 0 N–H and O–H groups in total. The van der Waals surface area contributed by atoms with E-state index in [1.54, 1.807) is 6.07 Å². The SMILES string of the molecule is O=C(c1ccc(Br)cc1Br)N1C=NC=NC1. The van der Waals surface area contributed by atoms with Crippen LogP contribution in [0.2, 0.25) is 0 Å². The Bertz CT molecular complexity index is 485. The monoisotopic (exact) mass is 343 g/mol. The van der Waals surface area contributed by atoms with Crippen LogP contribution >= 0.6 is 31.9 Å². The van der Waals surface area contributed by atoms with Gasteiger partial charge >= 0.3 is 0 Å². The molecule has 1 aliphatic heterocycles. The maximum atomic E-state index is 12.0. The van der Waals surface area contributed by atoms with Crippen LogP contribution in [0.4, 0.5) is 0 Å². The second-order valence-electron chi connectivity index (χ2n) is 3.10. The standard InChI is InChI=1S/C10H7Br2N3O/c11-7-1-2-8(9(12)3-7)10(16)15-5-13-4-14-6-15/h1-5H,6H2. The minimum atomic E-state index is -0.125. The summed E-state index contributed by atoms with van der Waals surface area (Å²) >= 11 is 6.69. The molecule has 0 saturated heterocycles. The molecule has 16 heavy (non-hydrogen) atoms. The van der Waals surface area contributed by atoms with E-state index in [1.807, 2.05) is 12.1 Å². The fraction of sp³-hybridized carbons (Fsp3) is 0.100. The lowest BCUT2D eigenvalue weighted by atomic mass is 10.2. The van der Waals surface area contributed by atoms with Gasteiger partial charge in [0.05, 0.1) is 5.56 Å². The highest BCUT2D eigenvalue weighted by Crippen LogP contribution is 2.23. The third kappa shape index (κ3) is 2.38. The first-order valence-electron chi connectivity index (χ1n) is 4.46. The van der Waals surface area contributed by atoms with Gasteiger partial charge in [-0.1, -0.05) is 15.9 Å². The van der Waals surface area contributed by atoms with Crippen LogP contribution in [0.5, 0.6) is 0 Å². The molecule has 0 bridgehead atoms. The van der Waals surface area contributed by atoms with Crippen LogP contribution in [-0.2, 0) is 0 Å². The Balaban J connectivity index is 2.27. The average molecular weight is 345 g/mol. The second-order valence-corrected chi connectivity index (χ2v) is 4.87. The fourth-order valence-corrected chi connectivity index (χ4v) is 2.47. The number of nitrogens with zero attached hydrogens (tertiary/aromatic N) is 3. The predicted molar refractivity (Wildman–Crippen MR) is 69.9 cm³/mol. The molecule has 0 spiro atoms. The molecule has 0 unspecified atom stereocenters. The smallest absolute Gasteiger partial charge is 0.261 e. The summed E-state index contributed by atoms with van der Waals surface area (Å²) in [5.74, 6) is -0.125. The zero-order valence-corrected chi connectivity index (χ0v) is 11.3. The Kier molecular flexibility index (Phi) is 3.50.